The molecule has 0 aromatic heterocycles. The molecule has 0 saturated carbocycles. The van der Waals surface area contributed by atoms with E-state index in [1.807, 2.05) is 6.92 Å². The first kappa shape index (κ1) is 26.8. The second kappa shape index (κ2) is 11.8. The van der Waals surface area contributed by atoms with Gasteiger partial charge in [0, 0.05) is 5.56 Å². The first-order valence-electron chi connectivity index (χ1n) is 10.1. The van der Waals surface area contributed by atoms with Crippen LogP contribution >= 0.6 is 39.1 Å². The highest BCUT2D eigenvalue weighted by molar-refractivity contribution is 9.10. The van der Waals surface area contributed by atoms with E-state index in [4.69, 9.17) is 32.7 Å². The molecule has 3 aromatic rings. The molecule has 0 aliphatic heterocycles. The van der Waals surface area contributed by atoms with Crippen molar-refractivity contribution in [3.63, 3.8) is 0 Å². The highest BCUT2D eigenvalue weighted by atomic mass is 79.9. The molecule has 3 rings (SSSR count). The Balaban J connectivity index is 1.73. The molecule has 0 aliphatic carbocycles. The average molecular weight is 590 g/mol. The molecule has 0 aliphatic rings. The van der Waals surface area contributed by atoms with E-state index in [-0.39, 0.29) is 12.2 Å². The van der Waals surface area contributed by atoms with Gasteiger partial charge in [0.1, 0.15) is 6.61 Å². The van der Waals surface area contributed by atoms with Crippen molar-refractivity contribution in [1.82, 2.24) is 5.43 Å². The number of hydrogen-bond acceptors (Lipinski definition) is 4. The summed E-state index contributed by atoms with van der Waals surface area (Å²) in [4.78, 5) is 12.2. The molecule has 1 amide bonds. The molecule has 5 nitrogen and oxygen atoms in total. The lowest BCUT2D eigenvalue weighted by molar-refractivity contribution is -0.137. The van der Waals surface area contributed by atoms with E-state index in [1.165, 1.54) is 12.3 Å². The standard InChI is InChI=1S/C24H18BrCl2F3N2O3/c1-2-34-21-10-15(8-18(25)22(21)35-13-14-6-7-19(26)20(27)9-14)12-31-32-23(33)16-4-3-5-17(11-16)24(28,29)30/h3-12H,2,13H2,1H3,(H,32,33)/b31-12-. The van der Waals surface area contributed by atoms with Gasteiger partial charge in [0.25, 0.3) is 5.91 Å². The van der Waals surface area contributed by atoms with E-state index in [0.29, 0.717) is 38.2 Å². The minimum absolute atomic E-state index is 0.167. The fraction of sp³-hybridized carbons (Fsp3) is 0.167. The number of amides is 1. The molecule has 11 heteroatoms. The smallest absolute Gasteiger partial charge is 0.416 e. The van der Waals surface area contributed by atoms with E-state index < -0.39 is 17.6 Å². The third-order valence-electron chi connectivity index (χ3n) is 4.53. The van der Waals surface area contributed by atoms with Crippen molar-refractivity contribution in [2.75, 3.05) is 6.61 Å². The molecule has 0 atom stereocenters. The Morgan fingerprint density at radius 1 is 1.09 bits per heavy atom. The highest BCUT2D eigenvalue weighted by Gasteiger charge is 2.30. The van der Waals surface area contributed by atoms with Gasteiger partial charge >= 0.3 is 6.18 Å². The van der Waals surface area contributed by atoms with Gasteiger partial charge in [-0.15, -0.1) is 0 Å². The van der Waals surface area contributed by atoms with Crippen molar-refractivity contribution in [2.45, 2.75) is 19.7 Å². The molecule has 0 radical (unpaired) electrons. The molecule has 0 spiro atoms. The van der Waals surface area contributed by atoms with E-state index >= 15 is 0 Å². The van der Waals surface area contributed by atoms with Gasteiger partial charge in [-0.1, -0.05) is 35.3 Å². The number of halogens is 6. The van der Waals surface area contributed by atoms with Crippen LogP contribution in [-0.2, 0) is 12.8 Å². The van der Waals surface area contributed by atoms with Gasteiger partial charge in [-0.2, -0.15) is 18.3 Å². The third-order valence-corrected chi connectivity index (χ3v) is 5.86. The van der Waals surface area contributed by atoms with Crippen LogP contribution in [0.4, 0.5) is 13.2 Å². The Labute approximate surface area is 218 Å². The maximum atomic E-state index is 12.9. The Bertz CT molecular complexity index is 1250. The normalized spacial score (nSPS) is 11.5. The molecule has 0 saturated heterocycles. The number of alkyl halides is 3. The fourth-order valence-electron chi connectivity index (χ4n) is 2.92. The SMILES string of the molecule is CCOc1cc(/C=N\NC(=O)c2cccc(C(F)(F)F)c2)cc(Br)c1OCc1ccc(Cl)c(Cl)c1. The Kier molecular flexibility index (Phi) is 9.04. The van der Waals surface area contributed by atoms with Crippen molar-refractivity contribution < 1.29 is 27.4 Å². The summed E-state index contributed by atoms with van der Waals surface area (Å²) in [5, 5.41) is 4.70. The Morgan fingerprint density at radius 3 is 2.54 bits per heavy atom. The van der Waals surface area contributed by atoms with Crippen molar-refractivity contribution >= 4 is 51.3 Å². The number of carbonyl (C=O) groups excluding carboxylic acids is 1. The quantitative estimate of drug-likeness (QED) is 0.218. The predicted molar refractivity (Wildman–Crippen MR) is 133 cm³/mol. The van der Waals surface area contributed by atoms with Gasteiger partial charge in [-0.3, -0.25) is 4.79 Å². The van der Waals surface area contributed by atoms with Crippen LogP contribution in [0.1, 0.15) is 34.0 Å². The Hall–Kier alpha value is -2.75. The number of rotatable bonds is 8. The monoisotopic (exact) mass is 588 g/mol. The van der Waals surface area contributed by atoms with Crippen LogP contribution in [0.2, 0.25) is 10.0 Å². The van der Waals surface area contributed by atoms with Gasteiger partial charge < -0.3 is 9.47 Å². The van der Waals surface area contributed by atoms with E-state index in [0.717, 1.165) is 23.8 Å². The summed E-state index contributed by atoms with van der Waals surface area (Å²) in [6.07, 6.45) is -3.22. The van der Waals surface area contributed by atoms with Gasteiger partial charge in [-0.25, -0.2) is 5.43 Å². The molecule has 1 N–H and O–H groups in total. The summed E-state index contributed by atoms with van der Waals surface area (Å²) in [7, 11) is 0. The lowest BCUT2D eigenvalue weighted by atomic mass is 10.1. The van der Waals surface area contributed by atoms with E-state index in [9.17, 15) is 18.0 Å². The first-order chi connectivity index (χ1) is 16.6. The Morgan fingerprint density at radius 2 is 1.86 bits per heavy atom. The second-order valence-electron chi connectivity index (χ2n) is 7.08. The van der Waals surface area contributed by atoms with Gasteiger partial charge in [0.2, 0.25) is 0 Å². The zero-order valence-corrected chi connectivity index (χ0v) is 21.2. The summed E-state index contributed by atoms with van der Waals surface area (Å²) in [5.74, 6) is 0.0914. The van der Waals surface area contributed by atoms with Crippen LogP contribution in [0.5, 0.6) is 11.5 Å². The van der Waals surface area contributed by atoms with E-state index in [2.05, 4.69) is 26.5 Å². The van der Waals surface area contributed by atoms with Gasteiger partial charge in [0.05, 0.1) is 32.9 Å². The molecule has 0 fully saturated rings. The van der Waals surface area contributed by atoms with Crippen molar-refractivity contribution in [3.8, 4) is 11.5 Å². The minimum Gasteiger partial charge on any atom is -0.490 e. The maximum absolute atomic E-state index is 12.9. The largest absolute Gasteiger partial charge is 0.490 e. The zero-order chi connectivity index (χ0) is 25.6. The third kappa shape index (κ3) is 7.37. The molecule has 3 aromatic carbocycles. The number of nitrogens with one attached hydrogen (secondary N) is 1. The first-order valence-corrected chi connectivity index (χ1v) is 11.7. The summed E-state index contributed by atoms with van der Waals surface area (Å²) in [6.45, 7) is 2.38. The minimum atomic E-state index is -4.55. The number of ether oxygens (including phenoxy) is 2. The summed E-state index contributed by atoms with van der Waals surface area (Å²) in [6, 6.07) is 12.6. The number of nitrogens with zero attached hydrogens (tertiary/aromatic N) is 1. The lowest BCUT2D eigenvalue weighted by Crippen LogP contribution is -2.18. The van der Waals surface area contributed by atoms with Crippen LogP contribution < -0.4 is 14.9 Å². The summed E-state index contributed by atoms with van der Waals surface area (Å²) in [5.41, 5.74) is 2.48. The second-order valence-corrected chi connectivity index (χ2v) is 8.75. The van der Waals surface area contributed by atoms with Crippen LogP contribution in [0.15, 0.2) is 64.2 Å². The highest BCUT2D eigenvalue weighted by Crippen LogP contribution is 2.37. The van der Waals surface area contributed by atoms with Crippen molar-refractivity contribution in [1.29, 1.82) is 0 Å². The summed E-state index contributed by atoms with van der Waals surface area (Å²) < 4.78 is 50.7. The lowest BCUT2D eigenvalue weighted by Gasteiger charge is -2.15. The number of carbonyl (C=O) groups is 1. The van der Waals surface area contributed by atoms with Gasteiger partial charge in [0.15, 0.2) is 11.5 Å². The molecule has 184 valence electrons. The molecule has 0 heterocycles. The van der Waals surface area contributed by atoms with Crippen molar-refractivity contribution in [3.05, 3.63) is 91.4 Å². The molecule has 0 bridgehead atoms. The van der Waals surface area contributed by atoms with Crippen LogP contribution in [0.25, 0.3) is 0 Å². The zero-order valence-electron chi connectivity index (χ0n) is 18.1. The van der Waals surface area contributed by atoms with Crippen LogP contribution in [0, 0.1) is 0 Å². The van der Waals surface area contributed by atoms with Gasteiger partial charge in [-0.05, 0) is 76.4 Å². The topological polar surface area (TPSA) is 59.9 Å². The number of hydrazone groups is 1. The molecular weight excluding hydrogens is 572 g/mol. The predicted octanol–water partition coefficient (Wildman–Crippen LogP) is 7.52. The number of hydrogen-bond donors (Lipinski definition) is 1. The molecule has 35 heavy (non-hydrogen) atoms. The van der Waals surface area contributed by atoms with Crippen LogP contribution in [0.3, 0.4) is 0 Å². The maximum Gasteiger partial charge on any atom is 0.416 e. The average Bonchev–Trinajstić information content (AvgIpc) is 2.80. The summed E-state index contributed by atoms with van der Waals surface area (Å²) >= 11 is 15.4. The van der Waals surface area contributed by atoms with Crippen molar-refractivity contribution in [2.24, 2.45) is 5.10 Å². The fourth-order valence-corrected chi connectivity index (χ4v) is 3.81. The number of benzene rings is 3. The molecular formula is C24H18BrCl2F3N2O3. The molecule has 0 unspecified atom stereocenters. The van der Waals surface area contributed by atoms with Crippen LogP contribution in [-0.4, -0.2) is 18.7 Å². The van der Waals surface area contributed by atoms with E-state index in [1.54, 1.807) is 30.3 Å².